The Morgan fingerprint density at radius 1 is 0.875 bits per heavy atom. The molecule has 1 aliphatic carbocycles. The number of carbonyl (C=O) groups is 2. The Morgan fingerprint density at radius 2 is 1.50 bits per heavy atom. The molecule has 5 rings (SSSR count). The van der Waals surface area contributed by atoms with Crippen LogP contribution in [0, 0.1) is 10.8 Å². The third kappa shape index (κ3) is 2.37. The lowest BCUT2D eigenvalue weighted by Gasteiger charge is -2.46. The standard InChI is InChI=1S/C24H24O8/c1-23-10-30-22(26)24(23,2)19(12-6-17(27-3)20(29-5)18(7-12)28-4)13-8-15-16(32-11-31-15)9-14(13)21(23)25/h6-9,19H,10-11H2,1-5H3/t19-,23-,24+/m1/s1. The van der Waals surface area contributed by atoms with Crippen LogP contribution in [0.5, 0.6) is 28.7 Å². The van der Waals surface area contributed by atoms with Crippen LogP contribution in [-0.2, 0) is 9.53 Å². The smallest absolute Gasteiger partial charge is 0.313 e. The number of cyclic esters (lactones) is 1. The molecule has 8 nitrogen and oxygen atoms in total. The molecule has 32 heavy (non-hydrogen) atoms. The van der Waals surface area contributed by atoms with Crippen molar-refractivity contribution in [1.29, 1.82) is 0 Å². The molecule has 1 saturated heterocycles. The Kier molecular flexibility index (Phi) is 4.34. The quantitative estimate of drug-likeness (QED) is 0.669. The maximum absolute atomic E-state index is 13.7. The second kappa shape index (κ2) is 6.79. The van der Waals surface area contributed by atoms with Gasteiger partial charge in [0.2, 0.25) is 12.5 Å². The molecular formula is C24H24O8. The number of carbonyl (C=O) groups excluding carboxylic acids is 2. The number of fused-ring (bicyclic) bond motifs is 3. The third-order valence-corrected chi connectivity index (χ3v) is 7.26. The van der Waals surface area contributed by atoms with Crippen LogP contribution in [0.25, 0.3) is 0 Å². The molecule has 0 saturated carbocycles. The molecule has 0 aromatic heterocycles. The minimum absolute atomic E-state index is 0.00989. The Morgan fingerprint density at radius 3 is 2.09 bits per heavy atom. The summed E-state index contributed by atoms with van der Waals surface area (Å²) in [6, 6.07) is 7.12. The molecule has 2 aliphatic heterocycles. The first-order valence-corrected chi connectivity index (χ1v) is 10.3. The van der Waals surface area contributed by atoms with Crippen LogP contribution in [0.4, 0.5) is 0 Å². The molecule has 0 bridgehead atoms. The fourth-order valence-electron chi connectivity index (χ4n) is 5.26. The molecule has 8 heteroatoms. The minimum Gasteiger partial charge on any atom is -0.493 e. The highest BCUT2D eigenvalue weighted by Crippen LogP contribution is 2.63. The van der Waals surface area contributed by atoms with Gasteiger partial charge in [0, 0.05) is 11.5 Å². The van der Waals surface area contributed by atoms with Gasteiger partial charge in [-0.15, -0.1) is 0 Å². The molecule has 0 spiro atoms. The van der Waals surface area contributed by atoms with E-state index in [2.05, 4.69) is 0 Å². The monoisotopic (exact) mass is 440 g/mol. The molecule has 2 aromatic carbocycles. The van der Waals surface area contributed by atoms with Crippen LogP contribution in [-0.4, -0.2) is 46.5 Å². The van der Waals surface area contributed by atoms with Crippen molar-refractivity contribution in [2.45, 2.75) is 19.8 Å². The predicted octanol–water partition coefficient (Wildman–Crippen LogP) is 3.34. The SMILES string of the molecule is COc1cc([C@@H]2c3cc4c(cc3C(=O)[C@@]3(C)COC(=O)[C@]23C)OCO4)cc(OC)c1OC. The van der Waals surface area contributed by atoms with Gasteiger partial charge in [0.1, 0.15) is 6.61 Å². The van der Waals surface area contributed by atoms with Gasteiger partial charge in [0.05, 0.1) is 32.2 Å². The molecule has 3 atom stereocenters. The van der Waals surface area contributed by atoms with Gasteiger partial charge < -0.3 is 28.4 Å². The van der Waals surface area contributed by atoms with Crippen LogP contribution in [0.15, 0.2) is 24.3 Å². The summed E-state index contributed by atoms with van der Waals surface area (Å²) in [4.78, 5) is 26.9. The van der Waals surface area contributed by atoms with E-state index >= 15 is 0 Å². The summed E-state index contributed by atoms with van der Waals surface area (Å²) >= 11 is 0. The number of esters is 1. The first-order valence-electron chi connectivity index (χ1n) is 10.3. The van der Waals surface area contributed by atoms with E-state index in [-0.39, 0.29) is 19.2 Å². The van der Waals surface area contributed by atoms with E-state index in [4.69, 9.17) is 28.4 Å². The molecule has 1 fully saturated rings. The van der Waals surface area contributed by atoms with Crippen molar-refractivity contribution in [3.05, 3.63) is 41.0 Å². The number of Topliss-reactive ketones (excluding diaryl/α,β-unsaturated/α-hetero) is 1. The highest BCUT2D eigenvalue weighted by molar-refractivity contribution is 6.09. The Labute approximate surface area is 185 Å². The minimum atomic E-state index is -1.16. The summed E-state index contributed by atoms with van der Waals surface area (Å²) in [6.45, 7) is 3.67. The van der Waals surface area contributed by atoms with Gasteiger partial charge in [-0.1, -0.05) is 0 Å². The summed E-state index contributed by atoms with van der Waals surface area (Å²) in [6.07, 6.45) is 0. The van der Waals surface area contributed by atoms with Crippen molar-refractivity contribution >= 4 is 11.8 Å². The highest BCUT2D eigenvalue weighted by atomic mass is 16.7. The van der Waals surface area contributed by atoms with Crippen LogP contribution in [0.3, 0.4) is 0 Å². The maximum atomic E-state index is 13.7. The average Bonchev–Trinajstić information content (AvgIpc) is 3.35. The molecule has 2 aromatic rings. The van der Waals surface area contributed by atoms with Gasteiger partial charge in [-0.05, 0) is 49.2 Å². The predicted molar refractivity (Wildman–Crippen MR) is 112 cm³/mol. The van der Waals surface area contributed by atoms with Gasteiger partial charge in [-0.25, -0.2) is 0 Å². The molecular weight excluding hydrogens is 416 g/mol. The second-order valence-corrected chi connectivity index (χ2v) is 8.62. The van der Waals surface area contributed by atoms with Crippen molar-refractivity contribution in [2.24, 2.45) is 10.8 Å². The summed E-state index contributed by atoms with van der Waals surface area (Å²) < 4.78 is 33.2. The van der Waals surface area contributed by atoms with Gasteiger partial charge in [0.25, 0.3) is 0 Å². The van der Waals surface area contributed by atoms with Gasteiger partial charge in [-0.3, -0.25) is 9.59 Å². The fraction of sp³-hybridized carbons (Fsp3) is 0.417. The van der Waals surface area contributed by atoms with Crippen molar-refractivity contribution in [3.63, 3.8) is 0 Å². The van der Waals surface area contributed by atoms with Crippen molar-refractivity contribution in [1.82, 2.24) is 0 Å². The summed E-state index contributed by atoms with van der Waals surface area (Å²) in [7, 11) is 4.60. The van der Waals surface area contributed by atoms with E-state index < -0.39 is 22.7 Å². The van der Waals surface area contributed by atoms with Crippen LogP contribution in [0.2, 0.25) is 0 Å². The number of hydrogen-bond donors (Lipinski definition) is 0. The number of ketones is 1. The molecule has 0 radical (unpaired) electrons. The van der Waals surface area contributed by atoms with E-state index in [0.29, 0.717) is 39.9 Å². The van der Waals surface area contributed by atoms with Crippen LogP contribution < -0.4 is 23.7 Å². The molecule has 3 aliphatic rings. The lowest BCUT2D eigenvalue weighted by atomic mass is 9.51. The van der Waals surface area contributed by atoms with E-state index in [1.54, 1.807) is 26.0 Å². The summed E-state index contributed by atoms with van der Waals surface area (Å²) in [5, 5.41) is 0. The summed E-state index contributed by atoms with van der Waals surface area (Å²) in [5.74, 6) is 1.30. The zero-order valence-corrected chi connectivity index (χ0v) is 18.6. The van der Waals surface area contributed by atoms with E-state index in [0.717, 1.165) is 5.56 Å². The fourth-order valence-corrected chi connectivity index (χ4v) is 5.26. The van der Waals surface area contributed by atoms with Gasteiger partial charge >= 0.3 is 5.97 Å². The molecule has 0 N–H and O–H groups in total. The van der Waals surface area contributed by atoms with Crippen molar-refractivity contribution in [3.8, 4) is 28.7 Å². The normalized spacial score (nSPS) is 27.5. The Hall–Kier alpha value is -3.42. The zero-order chi connectivity index (χ0) is 22.8. The van der Waals surface area contributed by atoms with E-state index in [1.165, 1.54) is 21.3 Å². The Bertz CT molecular complexity index is 1130. The van der Waals surface area contributed by atoms with Crippen LogP contribution in [0.1, 0.15) is 41.3 Å². The average molecular weight is 440 g/mol. The van der Waals surface area contributed by atoms with Gasteiger partial charge in [-0.2, -0.15) is 0 Å². The number of hydrogen-bond acceptors (Lipinski definition) is 8. The zero-order valence-electron chi connectivity index (χ0n) is 18.6. The van der Waals surface area contributed by atoms with E-state index in [9.17, 15) is 9.59 Å². The van der Waals surface area contributed by atoms with Crippen molar-refractivity contribution in [2.75, 3.05) is 34.7 Å². The second-order valence-electron chi connectivity index (χ2n) is 8.62. The topological polar surface area (TPSA) is 89.5 Å². The van der Waals surface area contributed by atoms with Gasteiger partial charge in [0.15, 0.2) is 28.8 Å². The molecule has 0 unspecified atom stereocenters. The maximum Gasteiger partial charge on any atom is 0.313 e. The molecule has 168 valence electrons. The summed E-state index contributed by atoms with van der Waals surface area (Å²) in [5.41, 5.74) is -0.316. The lowest BCUT2D eigenvalue weighted by molar-refractivity contribution is -0.147. The first-order chi connectivity index (χ1) is 15.3. The number of methoxy groups -OCH3 is 3. The third-order valence-electron chi connectivity index (χ3n) is 7.26. The largest absolute Gasteiger partial charge is 0.493 e. The Balaban J connectivity index is 1.84. The number of benzene rings is 2. The lowest BCUT2D eigenvalue weighted by Crippen LogP contribution is -2.52. The van der Waals surface area contributed by atoms with E-state index in [1.807, 2.05) is 12.1 Å². The first kappa shape index (κ1) is 20.5. The van der Waals surface area contributed by atoms with Crippen LogP contribution >= 0.6 is 0 Å². The van der Waals surface area contributed by atoms with Crippen molar-refractivity contribution < 1.29 is 38.0 Å². The highest BCUT2D eigenvalue weighted by Gasteiger charge is 2.68. The number of ether oxygens (including phenoxy) is 6. The molecule has 0 amide bonds. The number of rotatable bonds is 4. The molecule has 2 heterocycles.